The number of aliphatic hydroxyl groups is 1. The van der Waals surface area contributed by atoms with Gasteiger partial charge in [0.2, 0.25) is 0 Å². The third-order valence-electron chi connectivity index (χ3n) is 6.82. The van der Waals surface area contributed by atoms with Gasteiger partial charge in [0.05, 0.1) is 10.5 Å². The van der Waals surface area contributed by atoms with E-state index in [1.54, 1.807) is 0 Å². The normalized spacial score (nSPS) is 29.2. The van der Waals surface area contributed by atoms with Crippen LogP contribution in [0.2, 0.25) is 5.02 Å². The summed E-state index contributed by atoms with van der Waals surface area (Å²) in [5, 5.41) is 12.0. The van der Waals surface area contributed by atoms with Gasteiger partial charge in [-0.25, -0.2) is 0 Å². The molecule has 3 aliphatic rings. The Kier molecular flexibility index (Phi) is 5.93. The molecule has 0 spiro atoms. The van der Waals surface area contributed by atoms with Gasteiger partial charge in [0.25, 0.3) is 0 Å². The largest absolute Gasteiger partial charge is 0.389 e. The van der Waals surface area contributed by atoms with Gasteiger partial charge in [-0.3, -0.25) is 0 Å². The minimum atomic E-state index is -0.642. The Hall–Kier alpha value is -0.840. The summed E-state index contributed by atoms with van der Waals surface area (Å²) >= 11 is 13.4. The molecule has 28 heavy (non-hydrogen) atoms. The van der Waals surface area contributed by atoms with E-state index < -0.39 is 10.5 Å². The number of alkyl halides is 1. The molecule has 2 fully saturated rings. The topological polar surface area (TPSA) is 26.7 Å². The first-order valence-corrected chi connectivity index (χ1v) is 11.1. The molecule has 0 amide bonds. The number of allylic oxidation sites excluding steroid dienone is 4. The molecule has 2 atom stereocenters. The summed E-state index contributed by atoms with van der Waals surface area (Å²) in [5.41, 5.74) is 1.62. The van der Waals surface area contributed by atoms with Crippen LogP contribution in [0.1, 0.15) is 31.2 Å². The van der Waals surface area contributed by atoms with Crippen molar-refractivity contribution in [2.24, 2.45) is 5.92 Å². The number of rotatable bonds is 5. The first-order chi connectivity index (χ1) is 13.4. The van der Waals surface area contributed by atoms with Crippen LogP contribution in [0, 0.1) is 5.92 Å². The van der Waals surface area contributed by atoms with Crippen molar-refractivity contribution in [3.05, 3.63) is 53.1 Å². The Bertz CT molecular complexity index is 766. The molecule has 1 heterocycles. The van der Waals surface area contributed by atoms with Crippen LogP contribution in [-0.4, -0.2) is 65.2 Å². The highest BCUT2D eigenvalue weighted by Crippen LogP contribution is 2.49. The average molecular weight is 421 g/mol. The van der Waals surface area contributed by atoms with E-state index in [4.69, 9.17) is 23.2 Å². The number of likely N-dealkylation sites (N-methyl/N-ethyl adjacent to an activating group) is 1. The molecule has 5 heteroatoms. The van der Waals surface area contributed by atoms with Crippen molar-refractivity contribution in [2.75, 3.05) is 39.8 Å². The number of halogens is 2. The van der Waals surface area contributed by atoms with Gasteiger partial charge in [0.15, 0.2) is 0 Å². The number of benzene rings is 1. The zero-order valence-corrected chi connectivity index (χ0v) is 18.1. The van der Waals surface area contributed by atoms with Crippen LogP contribution in [0.3, 0.4) is 0 Å². The summed E-state index contributed by atoms with van der Waals surface area (Å²) in [4.78, 5) is 4.30. The number of nitrogens with zero attached hydrogens (tertiary/aromatic N) is 2. The minimum Gasteiger partial charge on any atom is -0.389 e. The molecule has 1 aromatic carbocycles. The van der Waals surface area contributed by atoms with E-state index in [0.717, 1.165) is 74.6 Å². The quantitative estimate of drug-likeness (QED) is 0.713. The fourth-order valence-corrected chi connectivity index (χ4v) is 5.32. The van der Waals surface area contributed by atoms with Crippen LogP contribution in [0.15, 0.2) is 42.5 Å². The van der Waals surface area contributed by atoms with Crippen LogP contribution in [-0.2, 0) is 0 Å². The second-order valence-corrected chi connectivity index (χ2v) is 9.89. The smallest absolute Gasteiger partial charge is 0.0731 e. The van der Waals surface area contributed by atoms with Crippen LogP contribution in [0.25, 0.3) is 5.57 Å². The molecular formula is C23H30Cl2N2O. The Morgan fingerprint density at radius 1 is 1.18 bits per heavy atom. The molecule has 3 nitrogen and oxygen atoms in total. The Morgan fingerprint density at radius 3 is 2.50 bits per heavy atom. The molecule has 0 radical (unpaired) electrons. The third kappa shape index (κ3) is 4.20. The predicted molar refractivity (Wildman–Crippen MR) is 118 cm³/mol. The lowest BCUT2D eigenvalue weighted by atomic mass is 9.64. The van der Waals surface area contributed by atoms with Crippen molar-refractivity contribution in [1.29, 1.82) is 0 Å². The lowest BCUT2D eigenvalue weighted by Gasteiger charge is -2.51. The molecule has 2 aliphatic carbocycles. The van der Waals surface area contributed by atoms with Crippen molar-refractivity contribution < 1.29 is 5.11 Å². The van der Waals surface area contributed by atoms with Crippen LogP contribution < -0.4 is 0 Å². The van der Waals surface area contributed by atoms with Gasteiger partial charge >= 0.3 is 0 Å². The lowest BCUT2D eigenvalue weighted by molar-refractivity contribution is -0.102. The maximum Gasteiger partial charge on any atom is 0.0731 e. The second-order valence-electron chi connectivity index (χ2n) is 8.75. The van der Waals surface area contributed by atoms with Crippen molar-refractivity contribution in [2.45, 2.75) is 36.2 Å². The Balaban J connectivity index is 1.52. The summed E-state index contributed by atoms with van der Waals surface area (Å²) in [6.07, 6.45) is 9.99. The van der Waals surface area contributed by atoms with Gasteiger partial charge in [-0.15, -0.1) is 11.6 Å². The highest BCUT2D eigenvalue weighted by Gasteiger charge is 2.51. The summed E-state index contributed by atoms with van der Waals surface area (Å²) in [7, 11) is 2.17. The van der Waals surface area contributed by atoms with Crippen LogP contribution in [0.5, 0.6) is 0 Å². The van der Waals surface area contributed by atoms with Gasteiger partial charge < -0.3 is 14.9 Å². The van der Waals surface area contributed by atoms with Gasteiger partial charge in [-0.2, -0.15) is 0 Å². The molecule has 2 unspecified atom stereocenters. The number of piperazine rings is 1. The summed E-state index contributed by atoms with van der Waals surface area (Å²) < 4.78 is 0. The highest BCUT2D eigenvalue weighted by atomic mass is 35.5. The standard InChI is InChI=1S/C23H30Cl2N2O/c1-26-12-14-27(15-13-26)17-21(23(28)8-3-9-23)22(25)10-6-18(7-11-22)19-4-2-5-20(24)16-19/h2,4-7,10,16,21,28H,3,8-9,11-15,17H2,1H3. The Morgan fingerprint density at radius 2 is 1.93 bits per heavy atom. The van der Waals surface area contributed by atoms with Gasteiger partial charge in [-0.05, 0) is 56.0 Å². The first kappa shape index (κ1) is 20.4. The fourth-order valence-electron chi connectivity index (χ4n) is 4.72. The van der Waals surface area contributed by atoms with Crippen molar-refractivity contribution in [1.82, 2.24) is 9.80 Å². The SMILES string of the molecule is CN1CCN(CC(C2(Cl)C=CC(c3cccc(Cl)c3)=CC2)C2(O)CCC2)CC1. The first-order valence-electron chi connectivity index (χ1n) is 10.4. The van der Waals surface area contributed by atoms with E-state index in [2.05, 4.69) is 41.1 Å². The predicted octanol–water partition coefficient (Wildman–Crippen LogP) is 4.44. The molecule has 1 saturated carbocycles. The van der Waals surface area contributed by atoms with E-state index in [1.807, 2.05) is 18.2 Å². The monoisotopic (exact) mass is 420 g/mol. The lowest BCUT2D eigenvalue weighted by Crippen LogP contribution is -2.58. The van der Waals surface area contributed by atoms with Crippen LogP contribution >= 0.6 is 23.2 Å². The van der Waals surface area contributed by atoms with Gasteiger partial charge in [-0.1, -0.05) is 42.0 Å². The van der Waals surface area contributed by atoms with Crippen molar-refractivity contribution in [3.63, 3.8) is 0 Å². The fraction of sp³-hybridized carbons (Fsp3) is 0.565. The van der Waals surface area contributed by atoms with E-state index in [1.165, 1.54) is 0 Å². The van der Waals surface area contributed by atoms with E-state index in [0.29, 0.717) is 0 Å². The number of hydrogen-bond donors (Lipinski definition) is 1. The molecule has 0 aromatic heterocycles. The molecule has 1 aliphatic heterocycles. The van der Waals surface area contributed by atoms with Crippen LogP contribution in [0.4, 0.5) is 0 Å². The van der Waals surface area contributed by atoms with Crippen molar-refractivity contribution in [3.8, 4) is 0 Å². The third-order valence-corrected chi connectivity index (χ3v) is 7.60. The van der Waals surface area contributed by atoms with E-state index in [9.17, 15) is 5.11 Å². The van der Waals surface area contributed by atoms with E-state index >= 15 is 0 Å². The van der Waals surface area contributed by atoms with E-state index in [-0.39, 0.29) is 5.92 Å². The molecule has 0 bridgehead atoms. The Labute approximate surface area is 178 Å². The zero-order valence-electron chi connectivity index (χ0n) is 16.6. The molecule has 1 saturated heterocycles. The molecular weight excluding hydrogens is 391 g/mol. The average Bonchev–Trinajstić information content (AvgIpc) is 2.66. The molecule has 1 aromatic rings. The summed E-state index contributed by atoms with van der Waals surface area (Å²) in [6, 6.07) is 7.93. The molecule has 152 valence electrons. The minimum absolute atomic E-state index is 0.0345. The highest BCUT2D eigenvalue weighted by molar-refractivity contribution is 6.30. The molecule has 1 N–H and O–H groups in total. The number of hydrogen-bond acceptors (Lipinski definition) is 3. The maximum atomic E-state index is 11.3. The maximum absolute atomic E-state index is 11.3. The molecule has 4 rings (SSSR count). The van der Waals surface area contributed by atoms with Gasteiger partial charge in [0, 0.05) is 43.7 Å². The van der Waals surface area contributed by atoms with Gasteiger partial charge in [0.1, 0.15) is 0 Å². The second kappa shape index (κ2) is 8.12. The van der Waals surface area contributed by atoms with Crippen molar-refractivity contribution >= 4 is 28.8 Å². The summed E-state index contributed by atoms with van der Waals surface area (Å²) in [6.45, 7) is 5.11. The summed E-state index contributed by atoms with van der Waals surface area (Å²) in [5.74, 6) is 0.0345. The zero-order chi connectivity index (χ0) is 19.8.